The van der Waals surface area contributed by atoms with E-state index in [1.54, 1.807) is 12.1 Å². The van der Waals surface area contributed by atoms with Gasteiger partial charge in [-0.2, -0.15) is 13.2 Å². The van der Waals surface area contributed by atoms with Crippen molar-refractivity contribution in [1.29, 1.82) is 0 Å². The third-order valence-electron chi connectivity index (χ3n) is 3.18. The van der Waals surface area contributed by atoms with Gasteiger partial charge in [-0.3, -0.25) is 4.40 Å². The second-order valence-electron chi connectivity index (χ2n) is 4.76. The molecular formula is C14H9BrF4N4. The average molecular weight is 389 g/mol. The number of benzene rings is 1. The molecule has 0 atom stereocenters. The lowest BCUT2D eigenvalue weighted by molar-refractivity contribution is -0.137. The molecule has 3 aromatic rings. The molecule has 0 radical (unpaired) electrons. The molecule has 9 heteroatoms. The summed E-state index contributed by atoms with van der Waals surface area (Å²) < 4.78 is 53.8. The van der Waals surface area contributed by atoms with E-state index in [-0.39, 0.29) is 18.1 Å². The summed E-state index contributed by atoms with van der Waals surface area (Å²) in [5.41, 5.74) is -0.198. The highest BCUT2D eigenvalue weighted by Crippen LogP contribution is 2.29. The van der Waals surface area contributed by atoms with Crippen molar-refractivity contribution >= 4 is 27.5 Å². The van der Waals surface area contributed by atoms with Crippen LogP contribution in [0.5, 0.6) is 0 Å². The Balaban J connectivity index is 1.88. The van der Waals surface area contributed by atoms with Gasteiger partial charge in [0, 0.05) is 22.8 Å². The van der Waals surface area contributed by atoms with Gasteiger partial charge in [-0.1, -0.05) is 22.0 Å². The first-order chi connectivity index (χ1) is 10.8. The highest BCUT2D eigenvalue weighted by molar-refractivity contribution is 9.10. The van der Waals surface area contributed by atoms with Crippen LogP contribution in [0.25, 0.3) is 5.65 Å². The topological polar surface area (TPSA) is 42.2 Å². The standard InChI is InChI=1S/C14H9BrF4N4/c15-10-3-1-8(11(16)5-10)6-20-13-22-21-12-4-2-9(7-23(12)13)14(17,18)19/h1-5,7H,6H2,(H,20,22). The Labute approximate surface area is 136 Å². The number of rotatable bonds is 3. The van der Waals surface area contributed by atoms with Gasteiger partial charge in [0.05, 0.1) is 5.56 Å². The Bertz CT molecular complexity index is 860. The third-order valence-corrected chi connectivity index (χ3v) is 3.67. The van der Waals surface area contributed by atoms with Gasteiger partial charge in [0.2, 0.25) is 5.95 Å². The first-order valence-electron chi connectivity index (χ1n) is 6.44. The molecule has 3 rings (SSSR count). The van der Waals surface area contributed by atoms with Crippen molar-refractivity contribution in [3.8, 4) is 0 Å². The van der Waals surface area contributed by atoms with E-state index in [4.69, 9.17) is 0 Å². The number of hydrogen-bond donors (Lipinski definition) is 1. The van der Waals surface area contributed by atoms with Gasteiger partial charge < -0.3 is 5.32 Å². The zero-order chi connectivity index (χ0) is 16.6. The molecule has 0 aliphatic heterocycles. The Morgan fingerprint density at radius 1 is 1.13 bits per heavy atom. The van der Waals surface area contributed by atoms with E-state index in [9.17, 15) is 17.6 Å². The van der Waals surface area contributed by atoms with Crippen molar-refractivity contribution < 1.29 is 17.6 Å². The van der Waals surface area contributed by atoms with Gasteiger partial charge in [0.25, 0.3) is 0 Å². The van der Waals surface area contributed by atoms with E-state index in [1.165, 1.54) is 16.5 Å². The molecule has 0 saturated heterocycles. The summed E-state index contributed by atoms with van der Waals surface area (Å²) in [5, 5.41) is 10.3. The lowest BCUT2D eigenvalue weighted by Gasteiger charge is -2.09. The molecule has 0 saturated carbocycles. The normalized spacial score (nSPS) is 11.9. The zero-order valence-corrected chi connectivity index (χ0v) is 13.0. The minimum atomic E-state index is -4.46. The van der Waals surface area contributed by atoms with Gasteiger partial charge in [-0.25, -0.2) is 4.39 Å². The Morgan fingerprint density at radius 2 is 1.91 bits per heavy atom. The van der Waals surface area contributed by atoms with Crippen molar-refractivity contribution in [2.45, 2.75) is 12.7 Å². The van der Waals surface area contributed by atoms with Crippen LogP contribution < -0.4 is 5.32 Å². The van der Waals surface area contributed by atoms with Crippen molar-refractivity contribution in [1.82, 2.24) is 14.6 Å². The van der Waals surface area contributed by atoms with Crippen LogP contribution in [0.1, 0.15) is 11.1 Å². The van der Waals surface area contributed by atoms with Crippen molar-refractivity contribution in [3.63, 3.8) is 0 Å². The Morgan fingerprint density at radius 3 is 2.61 bits per heavy atom. The molecule has 0 spiro atoms. The lowest BCUT2D eigenvalue weighted by atomic mass is 10.2. The molecular weight excluding hydrogens is 380 g/mol. The number of nitrogens with one attached hydrogen (secondary N) is 1. The monoisotopic (exact) mass is 388 g/mol. The molecule has 0 unspecified atom stereocenters. The molecule has 4 nitrogen and oxygen atoms in total. The van der Waals surface area contributed by atoms with Crippen LogP contribution in [0.15, 0.2) is 41.0 Å². The van der Waals surface area contributed by atoms with E-state index < -0.39 is 17.6 Å². The highest BCUT2D eigenvalue weighted by Gasteiger charge is 2.31. The van der Waals surface area contributed by atoms with Gasteiger partial charge in [-0.05, 0) is 24.3 Å². The summed E-state index contributed by atoms with van der Waals surface area (Å²) in [5.74, 6) is -0.329. The largest absolute Gasteiger partial charge is 0.417 e. The first-order valence-corrected chi connectivity index (χ1v) is 7.24. The maximum atomic E-state index is 13.8. The quantitative estimate of drug-likeness (QED) is 0.681. The van der Waals surface area contributed by atoms with E-state index in [0.29, 0.717) is 10.0 Å². The minimum Gasteiger partial charge on any atom is -0.350 e. The van der Waals surface area contributed by atoms with Gasteiger partial charge in [0.1, 0.15) is 5.82 Å². The molecule has 0 bridgehead atoms. The second kappa shape index (κ2) is 5.80. The van der Waals surface area contributed by atoms with E-state index in [2.05, 4.69) is 31.4 Å². The maximum Gasteiger partial charge on any atom is 0.417 e. The minimum absolute atomic E-state index is 0.0656. The first kappa shape index (κ1) is 15.7. The van der Waals surface area contributed by atoms with E-state index in [1.807, 2.05) is 0 Å². The predicted octanol–water partition coefficient (Wildman–Crippen LogP) is 4.26. The fourth-order valence-electron chi connectivity index (χ4n) is 2.02. The molecule has 2 heterocycles. The Kier molecular flexibility index (Phi) is 3.97. The smallest absolute Gasteiger partial charge is 0.350 e. The predicted molar refractivity (Wildman–Crippen MR) is 79.4 cm³/mol. The van der Waals surface area contributed by atoms with Crippen LogP contribution in [0.3, 0.4) is 0 Å². The third kappa shape index (κ3) is 3.29. The average Bonchev–Trinajstić information content (AvgIpc) is 2.88. The Hall–Kier alpha value is -2.16. The summed E-state index contributed by atoms with van der Waals surface area (Å²) in [7, 11) is 0. The van der Waals surface area contributed by atoms with E-state index in [0.717, 1.165) is 12.3 Å². The number of aromatic nitrogens is 3. The molecule has 120 valence electrons. The molecule has 2 aromatic heterocycles. The van der Waals surface area contributed by atoms with Crippen LogP contribution in [0.4, 0.5) is 23.5 Å². The number of anilines is 1. The SMILES string of the molecule is Fc1cc(Br)ccc1CNc1nnc2ccc(C(F)(F)F)cn12. The van der Waals surface area contributed by atoms with Crippen molar-refractivity contribution in [2.24, 2.45) is 0 Å². The molecule has 0 aliphatic rings. The molecule has 0 fully saturated rings. The number of hydrogen-bond acceptors (Lipinski definition) is 3. The van der Waals surface area contributed by atoms with Crippen LogP contribution in [0, 0.1) is 5.82 Å². The van der Waals surface area contributed by atoms with E-state index >= 15 is 0 Å². The summed E-state index contributed by atoms with van der Waals surface area (Å²) in [6, 6.07) is 6.70. The van der Waals surface area contributed by atoms with Crippen LogP contribution >= 0.6 is 15.9 Å². The fraction of sp³-hybridized carbons (Fsp3) is 0.143. The summed E-state index contributed by atoms with van der Waals surface area (Å²) in [6.07, 6.45) is -3.57. The summed E-state index contributed by atoms with van der Waals surface area (Å²) >= 11 is 3.15. The molecule has 0 aliphatic carbocycles. The van der Waals surface area contributed by atoms with Gasteiger partial charge in [0.15, 0.2) is 5.65 Å². The molecule has 0 amide bonds. The maximum absolute atomic E-state index is 13.8. The summed E-state index contributed by atoms with van der Waals surface area (Å²) in [4.78, 5) is 0. The number of fused-ring (bicyclic) bond motifs is 1. The molecule has 23 heavy (non-hydrogen) atoms. The lowest BCUT2D eigenvalue weighted by Crippen LogP contribution is -2.08. The molecule has 1 aromatic carbocycles. The highest BCUT2D eigenvalue weighted by atomic mass is 79.9. The number of pyridine rings is 1. The van der Waals surface area contributed by atoms with Crippen molar-refractivity contribution in [3.05, 3.63) is 57.9 Å². The summed E-state index contributed by atoms with van der Waals surface area (Å²) in [6.45, 7) is 0.0656. The second-order valence-corrected chi connectivity index (χ2v) is 5.67. The van der Waals surface area contributed by atoms with Gasteiger partial charge >= 0.3 is 6.18 Å². The van der Waals surface area contributed by atoms with Crippen molar-refractivity contribution in [2.75, 3.05) is 5.32 Å². The number of alkyl halides is 3. The fourth-order valence-corrected chi connectivity index (χ4v) is 2.35. The van der Waals surface area contributed by atoms with Crippen LogP contribution in [-0.4, -0.2) is 14.6 Å². The van der Waals surface area contributed by atoms with Gasteiger partial charge in [-0.15, -0.1) is 10.2 Å². The number of nitrogens with zero attached hydrogens (tertiary/aromatic N) is 3. The van der Waals surface area contributed by atoms with Crippen LogP contribution in [0.2, 0.25) is 0 Å². The number of halogens is 5. The van der Waals surface area contributed by atoms with Crippen LogP contribution in [-0.2, 0) is 12.7 Å². The molecule has 1 N–H and O–H groups in total. The zero-order valence-electron chi connectivity index (χ0n) is 11.4.